The molecule has 0 saturated carbocycles. The molecule has 3 aromatic rings. The van der Waals surface area contributed by atoms with Crippen molar-refractivity contribution < 1.29 is 49.8 Å². The number of thiocarbonyl (C=S) groups is 1. The Kier molecular flexibility index (Phi) is 21.4. The van der Waals surface area contributed by atoms with Crippen LogP contribution in [0.2, 0.25) is 0 Å². The van der Waals surface area contributed by atoms with Crippen LogP contribution < -0.4 is 0 Å². The second-order valence-electron chi connectivity index (χ2n) is 27.8. The van der Waals surface area contributed by atoms with Gasteiger partial charge in [0.2, 0.25) is 0 Å². The molecule has 3 aromatic carbocycles. The highest BCUT2D eigenvalue weighted by Gasteiger charge is 2.57. The van der Waals surface area contributed by atoms with Crippen molar-refractivity contribution in [1.29, 1.82) is 0 Å². The minimum atomic E-state index is -1.49. The zero-order chi connectivity index (χ0) is 57.7. The topological polar surface area (TPSA) is 182 Å². The van der Waals surface area contributed by atoms with E-state index in [1.54, 1.807) is 0 Å². The summed E-state index contributed by atoms with van der Waals surface area (Å²) < 4.78 is 7.32. The molecule has 0 aliphatic heterocycles. The van der Waals surface area contributed by atoms with Gasteiger partial charge >= 0.3 is 17.9 Å². The van der Waals surface area contributed by atoms with Gasteiger partial charge in [0.1, 0.15) is 6.61 Å². The average molecular weight is 1060 g/mol. The molecule has 420 valence electrons. The van der Waals surface area contributed by atoms with E-state index in [4.69, 9.17) is 17.0 Å². The molecule has 0 spiro atoms. The second kappa shape index (κ2) is 24.7. The van der Waals surface area contributed by atoms with Crippen molar-refractivity contribution in [3.8, 4) is 0 Å². The van der Waals surface area contributed by atoms with Gasteiger partial charge in [0.25, 0.3) is 0 Å². The maximum atomic E-state index is 12.4. The number of rotatable bonds is 23. The number of aliphatic hydroxyl groups excluding tert-OH is 3. The predicted octanol–water partition coefficient (Wildman–Crippen LogP) is 13.5. The summed E-state index contributed by atoms with van der Waals surface area (Å²) in [7, 11) is 0. The first kappa shape index (κ1) is 65.1. The van der Waals surface area contributed by atoms with Crippen LogP contribution in [0.3, 0.4) is 0 Å². The lowest BCUT2D eigenvalue weighted by molar-refractivity contribution is -0.138. The highest BCUT2D eigenvalue weighted by molar-refractivity contribution is 7.80. The first-order valence-electron chi connectivity index (χ1n) is 27.4. The van der Waals surface area contributed by atoms with Crippen LogP contribution in [0, 0.1) is 5.41 Å². The summed E-state index contributed by atoms with van der Waals surface area (Å²) in [4.78, 5) is 37.1. The van der Waals surface area contributed by atoms with Gasteiger partial charge in [0, 0.05) is 25.2 Å². The molecule has 0 radical (unpaired) electrons. The predicted molar refractivity (Wildman–Crippen MR) is 309 cm³/mol. The minimum absolute atomic E-state index is 0.0488. The molecule has 0 aromatic heterocycles. The fourth-order valence-electron chi connectivity index (χ4n) is 10.8. The summed E-state index contributed by atoms with van der Waals surface area (Å²) >= 11 is 7.27. The Morgan fingerprint density at radius 1 is 0.480 bits per heavy atom. The van der Waals surface area contributed by atoms with Crippen molar-refractivity contribution in [2.24, 2.45) is 5.41 Å². The lowest BCUT2D eigenvalue weighted by Crippen LogP contribution is -2.51. The summed E-state index contributed by atoms with van der Waals surface area (Å²) in [5.41, 5.74) is 4.89. The van der Waals surface area contributed by atoms with Crippen molar-refractivity contribution >= 4 is 35.2 Å². The van der Waals surface area contributed by atoms with Gasteiger partial charge < -0.3 is 35.4 Å². The standard InChI is InChI=1S/C64H98O10S/c1-20-21-22-23-43(53-44(57(2,3)4)30-40(24-27-50(68)69)31-45(53)58(5,6)7)64(56(75)74-39-63(36-65,37-66)38-67,54-46(59(8,9)10)32-41(25-28-51(70)71)33-47(54)60(11,12)13)55-48(61(14,15)16)34-42(26-29-52(72)73)35-49(55)62(17,18)19/h30-35,43,65-67H,20-29,36-39H2,1-19H3,(H,68,69)(H,70,71)(H,72,73). The Morgan fingerprint density at radius 2 is 0.760 bits per heavy atom. The first-order chi connectivity index (χ1) is 34.2. The van der Waals surface area contributed by atoms with Gasteiger partial charge in [-0.2, -0.15) is 0 Å². The van der Waals surface area contributed by atoms with Crippen molar-refractivity contribution in [3.05, 3.63) is 103 Å². The molecule has 11 heteroatoms. The molecule has 0 amide bonds. The van der Waals surface area contributed by atoms with Gasteiger partial charge in [-0.05, 0) is 137 Å². The van der Waals surface area contributed by atoms with E-state index in [2.05, 4.69) is 168 Å². The zero-order valence-corrected chi connectivity index (χ0v) is 50.5. The van der Waals surface area contributed by atoms with E-state index in [1.165, 1.54) is 0 Å². The van der Waals surface area contributed by atoms with Gasteiger partial charge in [0.15, 0.2) is 5.05 Å². The number of unbranched alkanes of at least 4 members (excludes halogenated alkanes) is 2. The number of aliphatic hydroxyl groups is 3. The Balaban J connectivity index is 3.34. The number of carboxylic acid groups (broad SMARTS) is 3. The maximum absolute atomic E-state index is 12.4. The van der Waals surface area contributed by atoms with Crippen LogP contribution in [0.5, 0.6) is 0 Å². The van der Waals surface area contributed by atoms with Crippen LogP contribution in [-0.4, -0.2) is 80.0 Å². The molecule has 10 nitrogen and oxygen atoms in total. The summed E-state index contributed by atoms with van der Waals surface area (Å²) in [6.45, 7) is 39.4. The van der Waals surface area contributed by atoms with Crippen LogP contribution in [0.25, 0.3) is 0 Å². The summed E-state index contributed by atoms with van der Waals surface area (Å²) in [6, 6.07) is 13.1. The van der Waals surface area contributed by atoms with E-state index in [0.717, 1.165) is 86.0 Å². The molecule has 3 rings (SSSR count). The van der Waals surface area contributed by atoms with Crippen LogP contribution >= 0.6 is 12.2 Å². The molecule has 1 atom stereocenters. The second-order valence-corrected chi connectivity index (χ2v) is 28.2. The molecular weight excluding hydrogens is 961 g/mol. The smallest absolute Gasteiger partial charge is 0.303 e. The van der Waals surface area contributed by atoms with Crippen molar-refractivity contribution in [2.45, 2.75) is 240 Å². The van der Waals surface area contributed by atoms with Crippen molar-refractivity contribution in [1.82, 2.24) is 0 Å². The number of benzene rings is 3. The van der Waals surface area contributed by atoms with Gasteiger partial charge in [-0.1, -0.05) is 187 Å². The van der Waals surface area contributed by atoms with Crippen LogP contribution in [0.4, 0.5) is 0 Å². The SMILES string of the molecule is CCCCCC(c1c(C(C)(C)C)cc(CCC(=O)O)cc1C(C)(C)C)C(C(=S)OCC(CO)(CO)CO)(c1c(C(C)(C)C)cc(CCC(=O)O)cc1C(C)(C)C)c1c(C(C)(C)C)cc(CCC(=O)O)cc1C(C)(C)C. The minimum Gasteiger partial charge on any atom is -0.485 e. The van der Waals surface area contributed by atoms with E-state index in [9.17, 15) is 45.0 Å². The molecule has 0 fully saturated rings. The molecule has 75 heavy (non-hydrogen) atoms. The molecular formula is C64H98O10S. The van der Waals surface area contributed by atoms with E-state index in [0.29, 0.717) is 12.8 Å². The van der Waals surface area contributed by atoms with Gasteiger partial charge in [-0.3, -0.25) is 14.4 Å². The van der Waals surface area contributed by atoms with Gasteiger partial charge in [-0.25, -0.2) is 0 Å². The summed E-state index contributed by atoms with van der Waals surface area (Å²) in [6.07, 6.45) is 3.82. The van der Waals surface area contributed by atoms with E-state index >= 15 is 0 Å². The third-order valence-electron chi connectivity index (χ3n) is 15.0. The molecule has 0 aliphatic rings. The van der Waals surface area contributed by atoms with E-state index < -0.39 is 87.0 Å². The lowest BCUT2D eigenvalue weighted by atomic mass is 9.52. The largest absolute Gasteiger partial charge is 0.485 e. The number of aryl methyl sites for hydroxylation is 3. The normalized spacial score (nSPS) is 13.7. The maximum Gasteiger partial charge on any atom is 0.303 e. The van der Waals surface area contributed by atoms with Crippen LogP contribution in [-0.2, 0) is 76.3 Å². The van der Waals surface area contributed by atoms with E-state index in [-0.39, 0.29) is 43.8 Å². The number of aliphatic carboxylic acids is 3. The van der Waals surface area contributed by atoms with Crippen molar-refractivity contribution in [3.63, 3.8) is 0 Å². The Morgan fingerprint density at radius 3 is 1.00 bits per heavy atom. The number of carbonyl (C=O) groups is 3. The third kappa shape index (κ3) is 15.8. The highest BCUT2D eigenvalue weighted by Crippen LogP contribution is 2.60. The molecule has 0 saturated heterocycles. The van der Waals surface area contributed by atoms with Crippen molar-refractivity contribution in [2.75, 3.05) is 26.4 Å². The Labute approximate surface area is 457 Å². The molecule has 0 heterocycles. The highest BCUT2D eigenvalue weighted by atomic mass is 32.1. The number of hydrogen-bond acceptors (Lipinski definition) is 8. The quantitative estimate of drug-likeness (QED) is 0.0393. The van der Waals surface area contributed by atoms with Gasteiger partial charge in [0.05, 0.1) is 30.7 Å². The summed E-state index contributed by atoms with van der Waals surface area (Å²) in [5, 5.41) is 63.5. The summed E-state index contributed by atoms with van der Waals surface area (Å²) in [5.74, 6) is -3.25. The molecule has 0 aliphatic carbocycles. The lowest BCUT2D eigenvalue weighted by Gasteiger charge is -2.52. The van der Waals surface area contributed by atoms with Crippen LogP contribution in [0.1, 0.15) is 249 Å². The Hall–Kier alpha value is -4.16. The van der Waals surface area contributed by atoms with Gasteiger partial charge in [-0.15, -0.1) is 0 Å². The first-order valence-corrected chi connectivity index (χ1v) is 27.8. The average Bonchev–Trinajstić information content (AvgIpc) is 3.27. The monoisotopic (exact) mass is 1060 g/mol. The fraction of sp³-hybridized carbons (Fsp3) is 0.656. The molecule has 6 N–H and O–H groups in total. The molecule has 1 unspecified atom stereocenters. The van der Waals surface area contributed by atoms with Crippen LogP contribution in [0.15, 0.2) is 36.4 Å². The Bertz CT molecular complexity index is 2280. The number of carboxylic acids is 3. The third-order valence-corrected chi connectivity index (χ3v) is 15.4. The fourth-order valence-corrected chi connectivity index (χ4v) is 11.2. The number of hydrogen-bond donors (Lipinski definition) is 6. The number of ether oxygens (including phenoxy) is 1. The zero-order valence-electron chi connectivity index (χ0n) is 49.7. The molecule has 0 bridgehead atoms. The van der Waals surface area contributed by atoms with E-state index in [1.807, 2.05) is 0 Å².